The van der Waals surface area contributed by atoms with E-state index in [2.05, 4.69) is 37.4 Å². The minimum atomic E-state index is 0.497. The number of hydrogen-bond donors (Lipinski definition) is 1. The monoisotopic (exact) mass is 191 g/mol. The SMILES string of the molecule is Cc1ccc(NC2CCOC2)c(C)c1. The average molecular weight is 191 g/mol. The van der Waals surface area contributed by atoms with Crippen molar-refractivity contribution in [2.75, 3.05) is 18.5 Å². The van der Waals surface area contributed by atoms with Gasteiger partial charge >= 0.3 is 0 Å². The van der Waals surface area contributed by atoms with Gasteiger partial charge in [-0.25, -0.2) is 0 Å². The molecule has 0 bridgehead atoms. The van der Waals surface area contributed by atoms with Gasteiger partial charge in [0.15, 0.2) is 0 Å². The molecule has 0 saturated carbocycles. The van der Waals surface area contributed by atoms with Crippen molar-refractivity contribution in [3.63, 3.8) is 0 Å². The van der Waals surface area contributed by atoms with E-state index >= 15 is 0 Å². The first-order valence-electron chi connectivity index (χ1n) is 5.17. The Kier molecular flexibility index (Phi) is 2.73. The number of ether oxygens (including phenoxy) is 1. The largest absolute Gasteiger partial charge is 0.380 e. The van der Waals surface area contributed by atoms with Crippen LogP contribution in [-0.2, 0) is 4.74 Å². The molecule has 2 heteroatoms. The van der Waals surface area contributed by atoms with Gasteiger partial charge in [-0.1, -0.05) is 17.7 Å². The Morgan fingerprint density at radius 2 is 2.21 bits per heavy atom. The molecule has 1 aliphatic rings. The molecular weight excluding hydrogens is 174 g/mol. The molecule has 1 aliphatic heterocycles. The van der Waals surface area contributed by atoms with Crippen LogP contribution >= 0.6 is 0 Å². The lowest BCUT2D eigenvalue weighted by Gasteiger charge is -2.14. The van der Waals surface area contributed by atoms with E-state index in [9.17, 15) is 0 Å². The molecule has 0 amide bonds. The van der Waals surface area contributed by atoms with Gasteiger partial charge in [0.1, 0.15) is 0 Å². The van der Waals surface area contributed by atoms with Crippen molar-refractivity contribution in [3.05, 3.63) is 29.3 Å². The van der Waals surface area contributed by atoms with Crippen LogP contribution in [0.5, 0.6) is 0 Å². The predicted molar refractivity (Wildman–Crippen MR) is 58.8 cm³/mol. The van der Waals surface area contributed by atoms with Crippen LogP contribution < -0.4 is 5.32 Å². The Hall–Kier alpha value is -1.02. The van der Waals surface area contributed by atoms with Crippen LogP contribution in [0.15, 0.2) is 18.2 Å². The van der Waals surface area contributed by atoms with Crippen LogP contribution in [0, 0.1) is 13.8 Å². The Morgan fingerprint density at radius 1 is 1.36 bits per heavy atom. The van der Waals surface area contributed by atoms with E-state index < -0.39 is 0 Å². The van der Waals surface area contributed by atoms with Crippen molar-refractivity contribution in [3.8, 4) is 0 Å². The highest BCUT2D eigenvalue weighted by Crippen LogP contribution is 2.19. The molecule has 2 nitrogen and oxygen atoms in total. The molecule has 0 aliphatic carbocycles. The van der Waals surface area contributed by atoms with Gasteiger partial charge in [-0.15, -0.1) is 0 Å². The Labute approximate surface area is 85.3 Å². The maximum absolute atomic E-state index is 5.33. The molecule has 1 unspecified atom stereocenters. The van der Waals surface area contributed by atoms with Crippen LogP contribution in [0.2, 0.25) is 0 Å². The Balaban J connectivity index is 2.08. The lowest BCUT2D eigenvalue weighted by molar-refractivity contribution is 0.195. The molecule has 1 saturated heterocycles. The highest BCUT2D eigenvalue weighted by atomic mass is 16.5. The Bertz CT molecular complexity index is 316. The summed E-state index contributed by atoms with van der Waals surface area (Å²) in [7, 11) is 0. The number of benzene rings is 1. The van der Waals surface area contributed by atoms with Crippen LogP contribution in [0.3, 0.4) is 0 Å². The lowest BCUT2D eigenvalue weighted by atomic mass is 10.1. The molecule has 1 aromatic carbocycles. The number of aryl methyl sites for hydroxylation is 2. The fourth-order valence-corrected chi connectivity index (χ4v) is 1.84. The number of nitrogens with one attached hydrogen (secondary N) is 1. The molecule has 1 fully saturated rings. The first-order chi connectivity index (χ1) is 6.75. The smallest absolute Gasteiger partial charge is 0.0668 e. The molecule has 0 radical (unpaired) electrons. The summed E-state index contributed by atoms with van der Waals surface area (Å²) < 4.78 is 5.33. The molecule has 1 aromatic rings. The minimum Gasteiger partial charge on any atom is -0.380 e. The molecule has 1 heterocycles. The predicted octanol–water partition coefficient (Wildman–Crippen LogP) is 2.50. The van der Waals surface area contributed by atoms with Gasteiger partial charge in [0.2, 0.25) is 0 Å². The summed E-state index contributed by atoms with van der Waals surface area (Å²) in [5.41, 5.74) is 3.87. The summed E-state index contributed by atoms with van der Waals surface area (Å²) >= 11 is 0. The first kappa shape index (κ1) is 9.53. The summed E-state index contributed by atoms with van der Waals surface area (Å²) in [6.45, 7) is 6.00. The van der Waals surface area contributed by atoms with Crippen molar-refractivity contribution in [2.45, 2.75) is 26.3 Å². The van der Waals surface area contributed by atoms with E-state index in [1.165, 1.54) is 16.8 Å². The van der Waals surface area contributed by atoms with Gasteiger partial charge in [-0.3, -0.25) is 0 Å². The van der Waals surface area contributed by atoms with E-state index in [-0.39, 0.29) is 0 Å². The second-order valence-corrected chi connectivity index (χ2v) is 4.02. The van der Waals surface area contributed by atoms with Gasteiger partial charge < -0.3 is 10.1 Å². The van der Waals surface area contributed by atoms with Crippen LogP contribution in [0.4, 0.5) is 5.69 Å². The maximum atomic E-state index is 5.33. The zero-order valence-corrected chi connectivity index (χ0v) is 8.84. The standard InChI is InChI=1S/C12H17NO/c1-9-3-4-12(10(2)7-9)13-11-5-6-14-8-11/h3-4,7,11,13H,5-6,8H2,1-2H3. The topological polar surface area (TPSA) is 21.3 Å². The average Bonchev–Trinajstić information content (AvgIpc) is 2.62. The third-order valence-corrected chi connectivity index (χ3v) is 2.67. The fourth-order valence-electron chi connectivity index (χ4n) is 1.84. The third-order valence-electron chi connectivity index (χ3n) is 2.67. The second-order valence-electron chi connectivity index (χ2n) is 4.02. The van der Waals surface area contributed by atoms with Gasteiger partial charge in [0, 0.05) is 12.3 Å². The first-order valence-corrected chi connectivity index (χ1v) is 5.17. The molecule has 0 spiro atoms. The molecule has 1 N–H and O–H groups in total. The quantitative estimate of drug-likeness (QED) is 0.775. The number of anilines is 1. The summed E-state index contributed by atoms with van der Waals surface area (Å²) in [5, 5.41) is 3.51. The molecule has 0 aromatic heterocycles. The molecule has 2 rings (SSSR count). The van der Waals surface area contributed by atoms with Crippen LogP contribution in [0.1, 0.15) is 17.5 Å². The highest BCUT2D eigenvalue weighted by molar-refractivity contribution is 5.52. The van der Waals surface area contributed by atoms with Gasteiger partial charge in [0.25, 0.3) is 0 Å². The molecular formula is C12H17NO. The summed E-state index contributed by atoms with van der Waals surface area (Å²) in [5.74, 6) is 0. The molecule has 76 valence electrons. The van der Waals surface area contributed by atoms with E-state index in [4.69, 9.17) is 4.74 Å². The number of rotatable bonds is 2. The molecule has 1 atom stereocenters. The van der Waals surface area contributed by atoms with Crippen molar-refractivity contribution in [2.24, 2.45) is 0 Å². The lowest BCUT2D eigenvalue weighted by Crippen LogP contribution is -2.19. The maximum Gasteiger partial charge on any atom is 0.0668 e. The fraction of sp³-hybridized carbons (Fsp3) is 0.500. The number of hydrogen-bond acceptors (Lipinski definition) is 2. The minimum absolute atomic E-state index is 0.497. The summed E-state index contributed by atoms with van der Waals surface area (Å²) in [4.78, 5) is 0. The summed E-state index contributed by atoms with van der Waals surface area (Å²) in [6, 6.07) is 7.00. The van der Waals surface area contributed by atoms with E-state index in [1.54, 1.807) is 0 Å². The van der Waals surface area contributed by atoms with Gasteiger partial charge in [-0.05, 0) is 31.9 Å². The van der Waals surface area contributed by atoms with E-state index in [1.807, 2.05) is 0 Å². The third kappa shape index (κ3) is 2.07. The van der Waals surface area contributed by atoms with Crippen molar-refractivity contribution in [1.29, 1.82) is 0 Å². The van der Waals surface area contributed by atoms with Crippen LogP contribution in [0.25, 0.3) is 0 Å². The van der Waals surface area contributed by atoms with Crippen molar-refractivity contribution >= 4 is 5.69 Å². The van der Waals surface area contributed by atoms with Gasteiger partial charge in [0.05, 0.1) is 12.6 Å². The van der Waals surface area contributed by atoms with E-state index in [0.717, 1.165) is 19.6 Å². The van der Waals surface area contributed by atoms with Crippen molar-refractivity contribution in [1.82, 2.24) is 0 Å². The highest BCUT2D eigenvalue weighted by Gasteiger charge is 2.15. The molecule has 14 heavy (non-hydrogen) atoms. The normalized spacial score (nSPS) is 21.1. The van der Waals surface area contributed by atoms with Crippen LogP contribution in [-0.4, -0.2) is 19.3 Å². The Morgan fingerprint density at radius 3 is 2.86 bits per heavy atom. The van der Waals surface area contributed by atoms with E-state index in [0.29, 0.717) is 6.04 Å². The van der Waals surface area contributed by atoms with Crippen molar-refractivity contribution < 1.29 is 4.74 Å². The zero-order valence-electron chi connectivity index (χ0n) is 8.84. The van der Waals surface area contributed by atoms with Gasteiger partial charge in [-0.2, -0.15) is 0 Å². The zero-order chi connectivity index (χ0) is 9.97. The summed E-state index contributed by atoms with van der Waals surface area (Å²) in [6.07, 6.45) is 1.12. The second kappa shape index (κ2) is 4.01.